The highest BCUT2D eigenvalue weighted by molar-refractivity contribution is 5.98. The molecule has 0 bridgehead atoms. The van der Waals surface area contributed by atoms with Crippen LogP contribution in [0.4, 0.5) is 15.8 Å². The van der Waals surface area contributed by atoms with Gasteiger partial charge < -0.3 is 20.5 Å². The van der Waals surface area contributed by atoms with Gasteiger partial charge in [-0.2, -0.15) is 5.10 Å². The van der Waals surface area contributed by atoms with Crippen molar-refractivity contribution in [3.8, 4) is 33.8 Å². The van der Waals surface area contributed by atoms with Gasteiger partial charge in [-0.1, -0.05) is 31.4 Å². The largest absolute Gasteiger partial charge is 0.384 e. The van der Waals surface area contributed by atoms with E-state index in [4.69, 9.17) is 4.98 Å². The molecule has 0 atom stereocenters. The van der Waals surface area contributed by atoms with Crippen molar-refractivity contribution in [1.29, 1.82) is 0 Å². The highest BCUT2D eigenvalue weighted by Crippen LogP contribution is 2.34. The smallest absolute Gasteiger partial charge is 0.227 e. The molecule has 7 rings (SSSR count). The number of aromatic amines is 2. The van der Waals surface area contributed by atoms with Gasteiger partial charge in [0.25, 0.3) is 0 Å². The van der Waals surface area contributed by atoms with E-state index in [1.807, 2.05) is 50.5 Å². The molecule has 0 spiro atoms. The van der Waals surface area contributed by atoms with Crippen LogP contribution in [0, 0.1) is 11.7 Å². The first-order chi connectivity index (χ1) is 22.4. The maximum Gasteiger partial charge on any atom is 0.227 e. The number of imidazole rings is 1. The van der Waals surface area contributed by atoms with E-state index < -0.39 is 0 Å². The first kappa shape index (κ1) is 29.5. The number of carbonyl (C=O) groups is 1. The third-order valence-corrected chi connectivity index (χ3v) is 8.57. The number of aromatic nitrogens is 6. The number of rotatable bonds is 9. The van der Waals surface area contributed by atoms with Gasteiger partial charge in [0, 0.05) is 53.8 Å². The number of carbonyl (C=O) groups excluding carboxylic acids is 1. The summed E-state index contributed by atoms with van der Waals surface area (Å²) in [6, 6.07) is 14.7. The standard InChI is InChI=1S/C35H36FN9O/c1-45(2)12-11-38-26-14-22(13-25(36)17-26)28-9-6-10-30-31(28)42-34(41-30)32-29-16-24(19-39-33(29)44-43-32)23-15-27(20-37-18-23)40-35(46)21-7-4-3-5-8-21/h6,9-10,13-21,38H,3-5,7-8,11-12H2,1-2H3,(H,40,46)(H,41,42)(H,39,43,44). The van der Waals surface area contributed by atoms with E-state index in [9.17, 15) is 9.18 Å². The molecular weight excluding hydrogens is 581 g/mol. The Morgan fingerprint density at radius 2 is 1.80 bits per heavy atom. The number of likely N-dealkylation sites (N-methyl/N-ethyl adjacent to an activating group) is 1. The molecule has 1 amide bonds. The van der Waals surface area contributed by atoms with Crippen LogP contribution < -0.4 is 10.6 Å². The minimum Gasteiger partial charge on any atom is -0.384 e. The van der Waals surface area contributed by atoms with E-state index in [2.05, 4.69) is 40.7 Å². The summed E-state index contributed by atoms with van der Waals surface area (Å²) in [4.78, 5) is 32.3. The summed E-state index contributed by atoms with van der Waals surface area (Å²) in [5.74, 6) is 0.367. The molecule has 0 radical (unpaired) electrons. The Kier molecular flexibility index (Phi) is 8.15. The molecule has 11 heteroatoms. The molecule has 0 unspecified atom stereocenters. The normalized spacial score (nSPS) is 13.9. The Hall–Kier alpha value is -5.16. The van der Waals surface area contributed by atoms with Crippen molar-refractivity contribution in [3.05, 3.63) is 72.9 Å². The van der Waals surface area contributed by atoms with Gasteiger partial charge >= 0.3 is 0 Å². The number of amides is 1. The minimum absolute atomic E-state index is 0.0564. The van der Waals surface area contributed by atoms with Gasteiger partial charge in [0.05, 0.1) is 28.3 Å². The molecule has 0 aliphatic heterocycles. The summed E-state index contributed by atoms with van der Waals surface area (Å²) in [5.41, 5.74) is 7.35. The Morgan fingerprint density at radius 1 is 0.978 bits per heavy atom. The number of nitrogens with zero attached hydrogens (tertiary/aromatic N) is 5. The van der Waals surface area contributed by atoms with Crippen LogP contribution in [-0.2, 0) is 4.79 Å². The first-order valence-corrected chi connectivity index (χ1v) is 15.7. The lowest BCUT2D eigenvalue weighted by molar-refractivity contribution is -0.120. The lowest BCUT2D eigenvalue weighted by Crippen LogP contribution is -2.24. The van der Waals surface area contributed by atoms with Crippen LogP contribution in [0.1, 0.15) is 32.1 Å². The number of pyridine rings is 2. The number of H-pyrrole nitrogens is 2. The topological polar surface area (TPSA) is 128 Å². The zero-order valence-corrected chi connectivity index (χ0v) is 25.9. The Balaban J connectivity index is 1.19. The molecule has 2 aromatic carbocycles. The number of benzene rings is 2. The number of para-hydroxylation sites is 1. The Bertz CT molecular complexity index is 2030. The van der Waals surface area contributed by atoms with Crippen molar-refractivity contribution in [2.75, 3.05) is 37.8 Å². The van der Waals surface area contributed by atoms with Crippen LogP contribution in [0.25, 0.3) is 55.8 Å². The third kappa shape index (κ3) is 6.18. The fourth-order valence-corrected chi connectivity index (χ4v) is 6.17. The van der Waals surface area contributed by atoms with Gasteiger partial charge in [0.1, 0.15) is 11.5 Å². The second kappa shape index (κ2) is 12.7. The molecule has 10 nitrogen and oxygen atoms in total. The number of nitrogens with one attached hydrogen (secondary N) is 4. The Morgan fingerprint density at radius 3 is 2.65 bits per heavy atom. The summed E-state index contributed by atoms with van der Waals surface area (Å²) in [6.45, 7) is 1.53. The Labute approximate surface area is 265 Å². The van der Waals surface area contributed by atoms with Crippen LogP contribution in [0.5, 0.6) is 0 Å². The van der Waals surface area contributed by atoms with E-state index in [-0.39, 0.29) is 17.6 Å². The lowest BCUT2D eigenvalue weighted by Gasteiger charge is -2.20. The van der Waals surface area contributed by atoms with Gasteiger partial charge in [0.2, 0.25) is 5.91 Å². The molecule has 4 heterocycles. The predicted octanol–water partition coefficient (Wildman–Crippen LogP) is 6.86. The SMILES string of the molecule is CN(C)CCNc1cc(F)cc(-c2cccc3[nH]c(-c4n[nH]c5ncc(-c6cncc(NC(=O)C7CCCCC7)c6)cc45)nc23)c1. The molecule has 1 aliphatic carbocycles. The van der Waals surface area contributed by atoms with E-state index in [1.54, 1.807) is 18.6 Å². The molecule has 4 aromatic heterocycles. The van der Waals surface area contributed by atoms with Crippen molar-refractivity contribution in [2.45, 2.75) is 32.1 Å². The first-order valence-electron chi connectivity index (χ1n) is 15.7. The van der Waals surface area contributed by atoms with Crippen LogP contribution in [-0.4, -0.2) is 68.1 Å². The van der Waals surface area contributed by atoms with E-state index >= 15 is 0 Å². The summed E-state index contributed by atoms with van der Waals surface area (Å²) in [6.07, 6.45) is 10.5. The van der Waals surface area contributed by atoms with Crippen molar-refractivity contribution >= 4 is 39.3 Å². The third-order valence-electron chi connectivity index (χ3n) is 8.57. The highest BCUT2D eigenvalue weighted by atomic mass is 19.1. The summed E-state index contributed by atoms with van der Waals surface area (Å²) in [7, 11) is 4.01. The molecule has 4 N–H and O–H groups in total. The van der Waals surface area contributed by atoms with Gasteiger partial charge in [-0.25, -0.2) is 14.4 Å². The molecule has 0 saturated heterocycles. The summed E-state index contributed by atoms with van der Waals surface area (Å²) >= 11 is 0. The maximum atomic E-state index is 14.7. The van der Waals surface area contributed by atoms with Crippen LogP contribution in [0.15, 0.2) is 67.1 Å². The highest BCUT2D eigenvalue weighted by Gasteiger charge is 2.22. The van der Waals surface area contributed by atoms with Crippen molar-refractivity contribution in [3.63, 3.8) is 0 Å². The fourth-order valence-electron chi connectivity index (χ4n) is 6.17. The zero-order valence-electron chi connectivity index (χ0n) is 25.9. The van der Waals surface area contributed by atoms with Crippen molar-refractivity contribution < 1.29 is 9.18 Å². The average Bonchev–Trinajstić information content (AvgIpc) is 3.69. The van der Waals surface area contributed by atoms with Crippen molar-refractivity contribution in [2.24, 2.45) is 5.92 Å². The number of hydrogen-bond acceptors (Lipinski definition) is 7. The number of fused-ring (bicyclic) bond motifs is 2. The van der Waals surface area contributed by atoms with Crippen LogP contribution in [0.2, 0.25) is 0 Å². The quantitative estimate of drug-likeness (QED) is 0.140. The fraction of sp³-hybridized carbons (Fsp3) is 0.286. The van der Waals surface area contributed by atoms with Gasteiger partial charge in [-0.15, -0.1) is 0 Å². The molecule has 46 heavy (non-hydrogen) atoms. The maximum absolute atomic E-state index is 14.7. The number of halogens is 1. The van der Waals surface area contributed by atoms with E-state index in [0.29, 0.717) is 40.6 Å². The van der Waals surface area contributed by atoms with Crippen LogP contribution >= 0.6 is 0 Å². The van der Waals surface area contributed by atoms with E-state index in [0.717, 1.165) is 65.4 Å². The van der Waals surface area contributed by atoms with E-state index in [1.165, 1.54) is 18.6 Å². The zero-order chi connectivity index (χ0) is 31.6. The summed E-state index contributed by atoms with van der Waals surface area (Å²) in [5, 5.41) is 14.7. The molecule has 1 saturated carbocycles. The molecule has 1 aliphatic rings. The lowest BCUT2D eigenvalue weighted by atomic mass is 9.88. The van der Waals surface area contributed by atoms with Crippen molar-refractivity contribution in [1.82, 2.24) is 35.0 Å². The second-order valence-corrected chi connectivity index (χ2v) is 12.2. The monoisotopic (exact) mass is 617 g/mol. The van der Waals surface area contributed by atoms with Gasteiger partial charge in [-0.3, -0.25) is 14.9 Å². The number of anilines is 2. The minimum atomic E-state index is -0.318. The van der Waals surface area contributed by atoms with Gasteiger partial charge in [0.15, 0.2) is 11.5 Å². The molecule has 1 fully saturated rings. The second-order valence-electron chi connectivity index (χ2n) is 12.2. The average molecular weight is 618 g/mol. The van der Waals surface area contributed by atoms with Gasteiger partial charge in [-0.05, 0) is 68.9 Å². The molecule has 6 aromatic rings. The number of hydrogen-bond donors (Lipinski definition) is 4. The van der Waals surface area contributed by atoms with Crippen LogP contribution in [0.3, 0.4) is 0 Å². The molecule has 234 valence electrons. The molecular formula is C35H36FN9O. The summed E-state index contributed by atoms with van der Waals surface area (Å²) < 4.78 is 14.7. The predicted molar refractivity (Wildman–Crippen MR) is 180 cm³/mol.